The summed E-state index contributed by atoms with van der Waals surface area (Å²) in [6.07, 6.45) is 0. The van der Waals surface area contributed by atoms with Crippen LogP contribution >= 0.6 is 0 Å². The summed E-state index contributed by atoms with van der Waals surface area (Å²) >= 11 is 0. The van der Waals surface area contributed by atoms with E-state index >= 15 is 0 Å². The van der Waals surface area contributed by atoms with Crippen molar-refractivity contribution in [2.24, 2.45) is 0 Å². The van der Waals surface area contributed by atoms with E-state index in [1.54, 1.807) is 31.2 Å². The predicted molar refractivity (Wildman–Crippen MR) is 118 cm³/mol. The van der Waals surface area contributed by atoms with Crippen molar-refractivity contribution in [1.82, 2.24) is 10.3 Å². The molecule has 7 heteroatoms. The Balaban J connectivity index is 1.59. The quantitative estimate of drug-likeness (QED) is 0.452. The minimum absolute atomic E-state index is 0.0123. The molecule has 0 fully saturated rings. The number of halogens is 1. The molecule has 0 heterocycles. The SMILES string of the molecule is Cc1c(-c2ccccc2)ccc(F)c1C(=O)NNS(=O)(=O)c1ccc2ccccc2c1. The Morgan fingerprint density at radius 1 is 0.839 bits per heavy atom. The van der Waals surface area contributed by atoms with E-state index in [2.05, 4.69) is 10.3 Å². The van der Waals surface area contributed by atoms with E-state index in [0.29, 0.717) is 11.1 Å². The van der Waals surface area contributed by atoms with Gasteiger partial charge in [-0.2, -0.15) is 0 Å². The fourth-order valence-electron chi connectivity index (χ4n) is 3.46. The summed E-state index contributed by atoms with van der Waals surface area (Å²) in [6.45, 7) is 1.62. The molecule has 0 atom stereocenters. The van der Waals surface area contributed by atoms with E-state index in [1.807, 2.05) is 42.5 Å². The zero-order valence-electron chi connectivity index (χ0n) is 16.6. The molecule has 0 bridgehead atoms. The number of nitrogens with one attached hydrogen (secondary N) is 2. The molecule has 156 valence electrons. The van der Waals surface area contributed by atoms with Crippen molar-refractivity contribution in [3.05, 3.63) is 102 Å². The molecule has 31 heavy (non-hydrogen) atoms. The molecule has 4 aromatic rings. The highest BCUT2D eigenvalue weighted by Crippen LogP contribution is 2.27. The molecule has 0 saturated carbocycles. The molecule has 0 unspecified atom stereocenters. The van der Waals surface area contributed by atoms with Crippen LogP contribution in [-0.2, 0) is 10.0 Å². The molecule has 0 aromatic heterocycles. The average molecular weight is 434 g/mol. The van der Waals surface area contributed by atoms with Gasteiger partial charge in [-0.1, -0.05) is 66.7 Å². The predicted octanol–water partition coefficient (Wildman–Crippen LogP) is 4.58. The Labute approximate surface area is 179 Å². The summed E-state index contributed by atoms with van der Waals surface area (Å²) in [5.41, 5.74) is 3.83. The number of carbonyl (C=O) groups excluding carboxylic acids is 1. The maximum atomic E-state index is 14.5. The first-order chi connectivity index (χ1) is 14.9. The van der Waals surface area contributed by atoms with Crippen molar-refractivity contribution < 1.29 is 17.6 Å². The van der Waals surface area contributed by atoms with Crippen LogP contribution in [0.15, 0.2) is 89.8 Å². The van der Waals surface area contributed by atoms with Gasteiger partial charge in [0, 0.05) is 0 Å². The lowest BCUT2D eigenvalue weighted by Crippen LogP contribution is -2.42. The molecule has 0 saturated heterocycles. The lowest BCUT2D eigenvalue weighted by Gasteiger charge is -2.14. The van der Waals surface area contributed by atoms with Gasteiger partial charge in [-0.25, -0.2) is 12.8 Å². The van der Waals surface area contributed by atoms with E-state index in [4.69, 9.17) is 0 Å². The van der Waals surface area contributed by atoms with Crippen LogP contribution in [0.5, 0.6) is 0 Å². The molecule has 0 radical (unpaired) electrons. The number of sulfonamides is 1. The molecule has 1 amide bonds. The molecule has 4 aromatic carbocycles. The topological polar surface area (TPSA) is 75.3 Å². The van der Waals surface area contributed by atoms with Crippen molar-refractivity contribution in [2.75, 3.05) is 0 Å². The van der Waals surface area contributed by atoms with Gasteiger partial charge in [0.25, 0.3) is 15.9 Å². The Bertz CT molecular complexity index is 1390. The molecular formula is C24H19FN2O3S. The lowest BCUT2D eigenvalue weighted by atomic mass is 9.96. The second kappa shape index (κ2) is 8.29. The van der Waals surface area contributed by atoms with Crippen LogP contribution in [0.4, 0.5) is 4.39 Å². The van der Waals surface area contributed by atoms with Crippen molar-refractivity contribution in [2.45, 2.75) is 11.8 Å². The van der Waals surface area contributed by atoms with Gasteiger partial charge in [0.05, 0.1) is 10.5 Å². The van der Waals surface area contributed by atoms with Gasteiger partial charge in [-0.15, -0.1) is 4.83 Å². The number of fused-ring (bicyclic) bond motifs is 1. The van der Waals surface area contributed by atoms with Gasteiger partial charge >= 0.3 is 0 Å². The monoisotopic (exact) mass is 434 g/mol. The van der Waals surface area contributed by atoms with Crippen LogP contribution in [0, 0.1) is 12.7 Å². The van der Waals surface area contributed by atoms with Crippen molar-refractivity contribution in [3.63, 3.8) is 0 Å². The summed E-state index contributed by atoms with van der Waals surface area (Å²) in [6, 6.07) is 24.0. The van der Waals surface area contributed by atoms with E-state index in [1.165, 1.54) is 18.2 Å². The maximum Gasteiger partial charge on any atom is 0.269 e. The zero-order valence-corrected chi connectivity index (χ0v) is 17.4. The summed E-state index contributed by atoms with van der Waals surface area (Å²) in [5, 5.41) is 1.63. The van der Waals surface area contributed by atoms with Gasteiger partial charge < -0.3 is 0 Å². The third-order valence-electron chi connectivity index (χ3n) is 5.06. The highest BCUT2D eigenvalue weighted by atomic mass is 32.2. The molecule has 4 rings (SSSR count). The summed E-state index contributed by atoms with van der Waals surface area (Å²) in [7, 11) is -4.05. The van der Waals surface area contributed by atoms with E-state index in [9.17, 15) is 17.6 Å². The van der Waals surface area contributed by atoms with Crippen molar-refractivity contribution in [3.8, 4) is 11.1 Å². The lowest BCUT2D eigenvalue weighted by molar-refractivity contribution is 0.0940. The molecule has 2 N–H and O–H groups in total. The number of amides is 1. The van der Waals surface area contributed by atoms with Crippen molar-refractivity contribution in [1.29, 1.82) is 0 Å². The third kappa shape index (κ3) is 4.19. The fourth-order valence-corrected chi connectivity index (χ4v) is 4.33. The third-order valence-corrected chi connectivity index (χ3v) is 6.30. The Morgan fingerprint density at radius 2 is 1.52 bits per heavy atom. The van der Waals surface area contributed by atoms with Crippen molar-refractivity contribution >= 4 is 26.7 Å². The Morgan fingerprint density at radius 3 is 2.26 bits per heavy atom. The van der Waals surface area contributed by atoms with Gasteiger partial charge in [-0.05, 0) is 52.6 Å². The minimum atomic E-state index is -4.05. The van der Waals surface area contributed by atoms with Gasteiger partial charge in [0.1, 0.15) is 5.82 Å². The van der Waals surface area contributed by atoms with Gasteiger partial charge in [0.2, 0.25) is 0 Å². The second-order valence-corrected chi connectivity index (χ2v) is 8.71. The summed E-state index contributed by atoms with van der Waals surface area (Å²) in [5.74, 6) is -1.61. The normalized spacial score (nSPS) is 11.4. The largest absolute Gasteiger partial charge is 0.273 e. The molecule has 0 aliphatic rings. The molecule has 0 aliphatic carbocycles. The van der Waals surface area contributed by atoms with E-state index < -0.39 is 21.7 Å². The minimum Gasteiger partial charge on any atom is -0.273 e. The van der Waals surface area contributed by atoms with Crippen LogP contribution in [0.1, 0.15) is 15.9 Å². The smallest absolute Gasteiger partial charge is 0.269 e. The van der Waals surface area contributed by atoms with Crippen LogP contribution in [-0.4, -0.2) is 14.3 Å². The number of hydrogen-bond donors (Lipinski definition) is 2. The van der Waals surface area contributed by atoms with Gasteiger partial charge in [-0.3, -0.25) is 10.2 Å². The van der Waals surface area contributed by atoms with Crippen LogP contribution in [0.2, 0.25) is 0 Å². The molecular weight excluding hydrogens is 415 g/mol. The number of hydrogen-bond acceptors (Lipinski definition) is 3. The Kier molecular flexibility index (Phi) is 5.54. The van der Waals surface area contributed by atoms with Crippen LogP contribution < -0.4 is 10.3 Å². The Hall–Kier alpha value is -3.55. The fraction of sp³-hybridized carbons (Fsp3) is 0.0417. The average Bonchev–Trinajstić information content (AvgIpc) is 2.78. The van der Waals surface area contributed by atoms with Crippen LogP contribution in [0.25, 0.3) is 21.9 Å². The highest BCUT2D eigenvalue weighted by molar-refractivity contribution is 7.89. The number of carbonyl (C=O) groups is 1. The number of hydrazine groups is 1. The van der Waals surface area contributed by atoms with E-state index in [0.717, 1.165) is 16.3 Å². The highest BCUT2D eigenvalue weighted by Gasteiger charge is 2.21. The first kappa shape index (κ1) is 20.7. The molecule has 0 aliphatic heterocycles. The standard InChI is InChI=1S/C24H19FN2O3S/c1-16-21(18-8-3-2-4-9-18)13-14-22(25)23(16)24(28)26-27-31(29,30)20-12-11-17-7-5-6-10-19(17)15-20/h2-15,27H,1H3,(H,26,28). The zero-order chi connectivity index (χ0) is 22.0. The maximum absolute atomic E-state index is 14.5. The first-order valence-corrected chi connectivity index (χ1v) is 11.0. The molecule has 5 nitrogen and oxygen atoms in total. The summed E-state index contributed by atoms with van der Waals surface area (Å²) in [4.78, 5) is 14.7. The van der Waals surface area contributed by atoms with Gasteiger partial charge in [0.15, 0.2) is 0 Å². The van der Waals surface area contributed by atoms with E-state index in [-0.39, 0.29) is 10.5 Å². The second-order valence-electron chi connectivity index (χ2n) is 7.03. The molecule has 0 spiro atoms. The van der Waals surface area contributed by atoms with Crippen LogP contribution in [0.3, 0.4) is 0 Å². The number of rotatable bonds is 5. The summed E-state index contributed by atoms with van der Waals surface area (Å²) < 4.78 is 39.8. The number of benzene rings is 4. The first-order valence-electron chi connectivity index (χ1n) is 9.52.